The molecule has 0 radical (unpaired) electrons. The fraction of sp³-hybridized carbons (Fsp3) is 0.875. The van der Waals surface area contributed by atoms with Gasteiger partial charge in [-0.25, -0.2) is 9.18 Å². The van der Waals surface area contributed by atoms with Crippen LogP contribution in [0.5, 0.6) is 0 Å². The summed E-state index contributed by atoms with van der Waals surface area (Å²) in [4.78, 5) is 10.9. The number of carbonyl (C=O) groups excluding carboxylic acids is 1. The number of ether oxygens (including phenoxy) is 1. The molecule has 12 heavy (non-hydrogen) atoms. The zero-order valence-electron chi connectivity index (χ0n) is 7.76. The molecule has 72 valence electrons. The third kappa shape index (κ3) is 2.77. The predicted octanol–water partition coefficient (Wildman–Crippen LogP) is 0.873. The summed E-state index contributed by atoms with van der Waals surface area (Å²) in [6.07, 6.45) is -1.64. The van der Waals surface area contributed by atoms with Crippen molar-refractivity contribution < 1.29 is 13.9 Å². The Hall–Kier alpha value is -0.640. The Labute approximate surface area is 72.1 Å². The lowest BCUT2D eigenvalue weighted by Gasteiger charge is -2.24. The lowest BCUT2D eigenvalue weighted by molar-refractivity contribution is -0.153. The molecular weight excluding hydrogens is 161 g/mol. The van der Waals surface area contributed by atoms with Crippen LogP contribution in [0.2, 0.25) is 0 Å². The molecule has 0 rings (SSSR count). The van der Waals surface area contributed by atoms with Gasteiger partial charge in [0.2, 0.25) is 6.17 Å². The molecule has 0 aliphatic heterocycles. The Bertz CT molecular complexity index is 159. The van der Waals surface area contributed by atoms with Gasteiger partial charge in [0.25, 0.3) is 0 Å². The fourth-order valence-corrected chi connectivity index (χ4v) is 0.638. The number of alkyl halides is 1. The lowest BCUT2D eigenvalue weighted by Crippen LogP contribution is -2.39. The lowest BCUT2D eigenvalue weighted by atomic mass is 9.88. The SMILES string of the molecule is CCOC(=O)C(F)C(C)(C)CN. The number of nitrogens with two attached hydrogens (primary N) is 1. The summed E-state index contributed by atoms with van der Waals surface area (Å²) in [5, 5.41) is 0. The molecule has 0 saturated carbocycles. The van der Waals surface area contributed by atoms with Crippen molar-refractivity contribution in [2.45, 2.75) is 26.9 Å². The maximum absolute atomic E-state index is 13.2. The Balaban J connectivity index is 4.17. The molecule has 0 amide bonds. The second kappa shape index (κ2) is 4.40. The summed E-state index contributed by atoms with van der Waals surface area (Å²) >= 11 is 0. The minimum absolute atomic E-state index is 0.118. The molecule has 4 heteroatoms. The van der Waals surface area contributed by atoms with Gasteiger partial charge < -0.3 is 10.5 Å². The average Bonchev–Trinajstić information content (AvgIpc) is 2.03. The number of halogens is 1. The second-order valence-corrected chi connectivity index (χ2v) is 3.31. The molecule has 1 unspecified atom stereocenters. The molecule has 2 N–H and O–H groups in total. The van der Waals surface area contributed by atoms with Crippen LogP contribution in [0.25, 0.3) is 0 Å². The molecule has 1 atom stereocenters. The van der Waals surface area contributed by atoms with E-state index in [1.807, 2.05) is 0 Å². The summed E-state index contributed by atoms with van der Waals surface area (Å²) in [5.74, 6) is -0.826. The highest BCUT2D eigenvalue weighted by atomic mass is 19.1. The van der Waals surface area contributed by atoms with Crippen LogP contribution in [0.1, 0.15) is 20.8 Å². The molecule has 0 aliphatic rings. The number of hydrogen-bond donors (Lipinski definition) is 1. The molecule has 0 saturated heterocycles. The maximum atomic E-state index is 13.2. The van der Waals surface area contributed by atoms with Crippen LogP contribution < -0.4 is 5.73 Å². The van der Waals surface area contributed by atoms with Gasteiger partial charge >= 0.3 is 5.97 Å². The van der Waals surface area contributed by atoms with Gasteiger partial charge in [0.05, 0.1) is 6.61 Å². The van der Waals surface area contributed by atoms with Gasteiger partial charge in [0.15, 0.2) is 0 Å². The van der Waals surface area contributed by atoms with Crippen molar-refractivity contribution >= 4 is 5.97 Å². The Morgan fingerprint density at radius 1 is 1.67 bits per heavy atom. The van der Waals surface area contributed by atoms with Gasteiger partial charge in [-0.3, -0.25) is 0 Å². The van der Waals surface area contributed by atoms with Crippen molar-refractivity contribution in [2.24, 2.45) is 11.1 Å². The quantitative estimate of drug-likeness (QED) is 0.648. The molecule has 0 spiro atoms. The molecule has 0 fully saturated rings. The smallest absolute Gasteiger partial charge is 0.341 e. The summed E-state index contributed by atoms with van der Waals surface area (Å²) in [7, 11) is 0. The minimum atomic E-state index is -1.64. The number of rotatable bonds is 4. The van der Waals surface area contributed by atoms with Crippen LogP contribution in [-0.4, -0.2) is 25.3 Å². The summed E-state index contributed by atoms with van der Waals surface area (Å²) in [6, 6.07) is 0. The first-order valence-corrected chi connectivity index (χ1v) is 3.96. The highest BCUT2D eigenvalue weighted by Crippen LogP contribution is 2.22. The first-order chi connectivity index (χ1) is 5.45. The van der Waals surface area contributed by atoms with E-state index in [9.17, 15) is 9.18 Å². The van der Waals surface area contributed by atoms with Crippen molar-refractivity contribution in [3.05, 3.63) is 0 Å². The van der Waals surface area contributed by atoms with E-state index < -0.39 is 17.6 Å². The van der Waals surface area contributed by atoms with Crippen molar-refractivity contribution in [2.75, 3.05) is 13.2 Å². The van der Waals surface area contributed by atoms with Crippen LogP contribution in [0, 0.1) is 5.41 Å². The Morgan fingerprint density at radius 2 is 2.17 bits per heavy atom. The normalized spacial score (nSPS) is 14.1. The van der Waals surface area contributed by atoms with Gasteiger partial charge in [0.1, 0.15) is 0 Å². The summed E-state index contributed by atoms with van der Waals surface area (Å²) in [5.41, 5.74) is 4.45. The topological polar surface area (TPSA) is 52.3 Å². The molecule has 0 aliphatic carbocycles. The second-order valence-electron chi connectivity index (χ2n) is 3.31. The zero-order chi connectivity index (χ0) is 9.78. The first kappa shape index (κ1) is 11.4. The van der Waals surface area contributed by atoms with Crippen LogP contribution in [0.15, 0.2) is 0 Å². The highest BCUT2D eigenvalue weighted by molar-refractivity contribution is 5.75. The van der Waals surface area contributed by atoms with Gasteiger partial charge in [-0.1, -0.05) is 13.8 Å². The summed E-state index contributed by atoms with van der Waals surface area (Å²) in [6.45, 7) is 5.14. The van der Waals surface area contributed by atoms with E-state index in [1.165, 1.54) is 0 Å². The third-order valence-electron chi connectivity index (χ3n) is 1.71. The number of carbonyl (C=O) groups is 1. The molecule has 0 heterocycles. The van der Waals surface area contributed by atoms with Gasteiger partial charge in [-0.15, -0.1) is 0 Å². The number of esters is 1. The van der Waals surface area contributed by atoms with E-state index in [2.05, 4.69) is 4.74 Å². The molecule has 0 aromatic rings. The van der Waals surface area contributed by atoms with Gasteiger partial charge in [-0.05, 0) is 6.92 Å². The first-order valence-electron chi connectivity index (χ1n) is 3.96. The van der Waals surface area contributed by atoms with Crippen LogP contribution >= 0.6 is 0 Å². The molecule has 3 nitrogen and oxygen atoms in total. The Morgan fingerprint density at radius 3 is 2.50 bits per heavy atom. The van der Waals surface area contributed by atoms with E-state index in [0.29, 0.717) is 0 Å². The van der Waals surface area contributed by atoms with E-state index in [-0.39, 0.29) is 13.2 Å². The maximum Gasteiger partial charge on any atom is 0.341 e. The fourth-order valence-electron chi connectivity index (χ4n) is 0.638. The minimum Gasteiger partial charge on any atom is -0.464 e. The molecule has 0 aromatic heterocycles. The van der Waals surface area contributed by atoms with Crippen molar-refractivity contribution in [3.8, 4) is 0 Å². The monoisotopic (exact) mass is 177 g/mol. The van der Waals surface area contributed by atoms with Crippen molar-refractivity contribution in [1.82, 2.24) is 0 Å². The molecular formula is C8H16FNO2. The van der Waals surface area contributed by atoms with Gasteiger partial charge in [0, 0.05) is 12.0 Å². The van der Waals surface area contributed by atoms with Crippen LogP contribution in [-0.2, 0) is 9.53 Å². The van der Waals surface area contributed by atoms with E-state index in [1.54, 1.807) is 20.8 Å². The zero-order valence-corrected chi connectivity index (χ0v) is 7.76. The van der Waals surface area contributed by atoms with E-state index in [0.717, 1.165) is 0 Å². The number of hydrogen-bond acceptors (Lipinski definition) is 3. The largest absolute Gasteiger partial charge is 0.464 e. The Kier molecular flexibility index (Phi) is 4.17. The van der Waals surface area contributed by atoms with Crippen LogP contribution in [0.3, 0.4) is 0 Å². The predicted molar refractivity (Wildman–Crippen MR) is 44.4 cm³/mol. The van der Waals surface area contributed by atoms with Gasteiger partial charge in [-0.2, -0.15) is 0 Å². The van der Waals surface area contributed by atoms with E-state index >= 15 is 0 Å². The highest BCUT2D eigenvalue weighted by Gasteiger charge is 2.35. The molecule has 0 aromatic carbocycles. The third-order valence-corrected chi connectivity index (χ3v) is 1.71. The van der Waals surface area contributed by atoms with Crippen LogP contribution in [0.4, 0.5) is 4.39 Å². The molecule has 0 bridgehead atoms. The van der Waals surface area contributed by atoms with Crippen molar-refractivity contribution in [3.63, 3.8) is 0 Å². The average molecular weight is 177 g/mol. The van der Waals surface area contributed by atoms with Crippen molar-refractivity contribution in [1.29, 1.82) is 0 Å². The summed E-state index contributed by atoms with van der Waals surface area (Å²) < 4.78 is 17.7. The van der Waals surface area contributed by atoms with E-state index in [4.69, 9.17) is 5.73 Å². The standard InChI is InChI=1S/C8H16FNO2/c1-4-12-7(11)6(9)8(2,3)5-10/h6H,4-5,10H2,1-3H3.